The number of nitrogens with zero attached hydrogens (tertiary/aromatic N) is 5. The SMILES string of the molecule is CC(C)(C)OC(=O)NCc1nc(-c2ncn3c2[C@@H]2CCCN2C(=O)c2sccc2-3)no1. The van der Waals surface area contributed by atoms with Crippen molar-refractivity contribution < 1.29 is 18.8 Å². The van der Waals surface area contributed by atoms with Crippen LogP contribution in [0.1, 0.15) is 60.9 Å². The molecule has 31 heavy (non-hydrogen) atoms. The highest BCUT2D eigenvalue weighted by Gasteiger charge is 2.40. The average Bonchev–Trinajstić information content (AvgIpc) is 3.48. The van der Waals surface area contributed by atoms with Gasteiger partial charge in [0.15, 0.2) is 0 Å². The van der Waals surface area contributed by atoms with Crippen LogP contribution in [-0.4, -0.2) is 48.7 Å². The molecule has 11 heteroatoms. The topological polar surface area (TPSA) is 115 Å². The highest BCUT2D eigenvalue weighted by Crippen LogP contribution is 2.42. The largest absolute Gasteiger partial charge is 0.444 e. The van der Waals surface area contributed by atoms with Crippen molar-refractivity contribution in [3.8, 4) is 17.2 Å². The minimum absolute atomic E-state index is 0.0423. The standard InChI is InChI=1S/C20H22N6O4S/c1-20(2,3)29-19(28)21-9-13-23-17(24-30-13)14-15-11-5-4-7-25(11)18(27)16-12(6-8-31-16)26(15)10-22-14/h6,8,10-11H,4-5,7,9H2,1-3H3,(H,21,28)/t11-/m0/s1. The molecule has 1 atom stereocenters. The molecule has 0 aliphatic carbocycles. The third-order valence-electron chi connectivity index (χ3n) is 5.19. The highest BCUT2D eigenvalue weighted by atomic mass is 32.1. The molecule has 3 aromatic heterocycles. The number of aromatic nitrogens is 4. The lowest BCUT2D eigenvalue weighted by atomic mass is 10.1. The van der Waals surface area contributed by atoms with Gasteiger partial charge in [-0.05, 0) is 45.1 Å². The van der Waals surface area contributed by atoms with Crippen molar-refractivity contribution in [1.29, 1.82) is 0 Å². The zero-order valence-corrected chi connectivity index (χ0v) is 18.2. The smallest absolute Gasteiger partial charge is 0.408 e. The zero-order valence-electron chi connectivity index (χ0n) is 17.4. The number of hydrogen-bond donors (Lipinski definition) is 1. The van der Waals surface area contributed by atoms with Gasteiger partial charge in [0.1, 0.15) is 29.0 Å². The normalized spacial score (nSPS) is 17.7. The first-order valence-corrected chi connectivity index (χ1v) is 11.0. The number of hydrogen-bond acceptors (Lipinski definition) is 8. The summed E-state index contributed by atoms with van der Waals surface area (Å²) < 4.78 is 12.5. The summed E-state index contributed by atoms with van der Waals surface area (Å²) >= 11 is 1.44. The van der Waals surface area contributed by atoms with Gasteiger partial charge in [-0.2, -0.15) is 4.98 Å². The van der Waals surface area contributed by atoms with E-state index in [-0.39, 0.29) is 24.4 Å². The number of alkyl carbamates (subject to hydrolysis) is 1. The van der Waals surface area contributed by atoms with Crippen LogP contribution in [0.25, 0.3) is 17.2 Å². The van der Waals surface area contributed by atoms with Gasteiger partial charge >= 0.3 is 6.09 Å². The number of imidazole rings is 1. The van der Waals surface area contributed by atoms with Gasteiger partial charge in [-0.25, -0.2) is 9.78 Å². The van der Waals surface area contributed by atoms with Gasteiger partial charge in [0.2, 0.25) is 11.7 Å². The van der Waals surface area contributed by atoms with E-state index in [1.165, 1.54) is 11.3 Å². The van der Waals surface area contributed by atoms with Crippen molar-refractivity contribution in [1.82, 2.24) is 29.9 Å². The average molecular weight is 443 g/mol. The fourth-order valence-electron chi connectivity index (χ4n) is 4.00. The molecule has 5 heterocycles. The Bertz CT molecular complexity index is 1160. The summed E-state index contributed by atoms with van der Waals surface area (Å²) in [6.45, 7) is 6.12. The van der Waals surface area contributed by atoms with Crippen molar-refractivity contribution in [2.45, 2.75) is 51.8 Å². The number of nitrogens with one attached hydrogen (secondary N) is 1. The molecular formula is C20H22N6O4S. The van der Waals surface area contributed by atoms with Gasteiger partial charge in [-0.3, -0.25) is 9.36 Å². The molecule has 0 bridgehead atoms. The van der Waals surface area contributed by atoms with Crippen LogP contribution in [0.4, 0.5) is 4.79 Å². The lowest BCUT2D eigenvalue weighted by Gasteiger charge is -2.22. The molecule has 0 unspecified atom stereocenters. The molecule has 0 spiro atoms. The Hall–Kier alpha value is -3.21. The van der Waals surface area contributed by atoms with Crippen molar-refractivity contribution >= 4 is 23.3 Å². The van der Waals surface area contributed by atoms with Crippen LogP contribution in [0, 0.1) is 0 Å². The lowest BCUT2D eigenvalue weighted by Crippen LogP contribution is -2.32. The van der Waals surface area contributed by atoms with Crippen LogP contribution in [0.15, 0.2) is 22.3 Å². The van der Waals surface area contributed by atoms with Gasteiger partial charge < -0.3 is 19.5 Å². The van der Waals surface area contributed by atoms with Crippen LogP contribution in [-0.2, 0) is 11.3 Å². The zero-order chi connectivity index (χ0) is 21.8. The van der Waals surface area contributed by atoms with Crippen molar-refractivity contribution in [2.24, 2.45) is 0 Å². The first-order valence-electron chi connectivity index (χ1n) is 10.1. The minimum atomic E-state index is -0.594. The summed E-state index contributed by atoms with van der Waals surface area (Å²) in [5, 5.41) is 8.59. The maximum absolute atomic E-state index is 13.0. The van der Waals surface area contributed by atoms with E-state index in [0.29, 0.717) is 22.9 Å². The van der Waals surface area contributed by atoms with Gasteiger partial charge in [-0.1, -0.05) is 5.16 Å². The maximum atomic E-state index is 13.0. The predicted octanol–water partition coefficient (Wildman–Crippen LogP) is 3.30. The molecule has 3 aromatic rings. The molecular weight excluding hydrogens is 420 g/mol. The van der Waals surface area contributed by atoms with Crippen LogP contribution < -0.4 is 5.32 Å². The van der Waals surface area contributed by atoms with Gasteiger partial charge in [0.25, 0.3) is 5.91 Å². The maximum Gasteiger partial charge on any atom is 0.408 e. The molecule has 2 aliphatic rings. The Morgan fingerprint density at radius 3 is 3.06 bits per heavy atom. The molecule has 1 N–H and O–H groups in total. The first kappa shape index (κ1) is 19.7. The number of carbonyl (C=O) groups is 2. The summed E-state index contributed by atoms with van der Waals surface area (Å²) in [5.41, 5.74) is 1.70. The summed E-state index contributed by atoms with van der Waals surface area (Å²) in [7, 11) is 0. The molecule has 1 fully saturated rings. The molecule has 1 saturated heterocycles. The van der Waals surface area contributed by atoms with E-state index in [4.69, 9.17) is 9.26 Å². The van der Waals surface area contributed by atoms with Crippen LogP contribution >= 0.6 is 11.3 Å². The molecule has 0 radical (unpaired) electrons. The number of rotatable bonds is 3. The Labute approximate surface area is 182 Å². The summed E-state index contributed by atoms with van der Waals surface area (Å²) in [6.07, 6.45) is 2.93. The van der Waals surface area contributed by atoms with Crippen LogP contribution in [0.3, 0.4) is 0 Å². The summed E-state index contributed by atoms with van der Waals surface area (Å²) in [6, 6.07) is 1.84. The number of fused-ring (bicyclic) bond motifs is 5. The van der Waals surface area contributed by atoms with E-state index >= 15 is 0 Å². The fourth-order valence-corrected chi connectivity index (χ4v) is 4.84. The third-order valence-corrected chi connectivity index (χ3v) is 6.09. The first-order chi connectivity index (χ1) is 14.8. The van der Waals surface area contributed by atoms with Crippen molar-refractivity contribution in [2.75, 3.05) is 6.54 Å². The second-order valence-corrected chi connectivity index (χ2v) is 9.42. The number of carbonyl (C=O) groups excluding carboxylic acids is 2. The molecule has 5 rings (SSSR count). The number of thiophene rings is 1. The number of ether oxygens (including phenoxy) is 1. The molecule has 2 aliphatic heterocycles. The molecule has 0 saturated carbocycles. The van der Waals surface area contributed by atoms with Crippen molar-refractivity contribution in [3.63, 3.8) is 0 Å². The van der Waals surface area contributed by atoms with E-state index in [9.17, 15) is 9.59 Å². The van der Waals surface area contributed by atoms with Crippen LogP contribution in [0.5, 0.6) is 0 Å². The Morgan fingerprint density at radius 1 is 1.42 bits per heavy atom. The van der Waals surface area contributed by atoms with Gasteiger partial charge in [0, 0.05) is 6.54 Å². The Balaban J connectivity index is 1.44. The van der Waals surface area contributed by atoms with Crippen LogP contribution in [0.2, 0.25) is 0 Å². The van der Waals surface area contributed by atoms with Gasteiger partial charge in [-0.15, -0.1) is 11.3 Å². The second-order valence-electron chi connectivity index (χ2n) is 8.51. The Kier molecular flexibility index (Phi) is 4.58. The molecule has 162 valence electrons. The van der Waals surface area contributed by atoms with E-state index in [0.717, 1.165) is 24.2 Å². The summed E-state index contributed by atoms with van der Waals surface area (Å²) in [5.74, 6) is 0.622. The van der Waals surface area contributed by atoms with E-state index in [1.54, 1.807) is 27.1 Å². The summed E-state index contributed by atoms with van der Waals surface area (Å²) in [4.78, 5) is 36.5. The fraction of sp³-hybridized carbons (Fsp3) is 0.450. The monoisotopic (exact) mass is 442 g/mol. The lowest BCUT2D eigenvalue weighted by molar-refractivity contribution is 0.0517. The van der Waals surface area contributed by atoms with E-state index in [1.807, 2.05) is 20.9 Å². The quantitative estimate of drug-likeness (QED) is 0.662. The Morgan fingerprint density at radius 2 is 2.26 bits per heavy atom. The number of amides is 2. The highest BCUT2D eigenvalue weighted by molar-refractivity contribution is 7.12. The molecule has 0 aromatic carbocycles. The van der Waals surface area contributed by atoms with Gasteiger partial charge in [0.05, 0.1) is 17.4 Å². The molecule has 10 nitrogen and oxygen atoms in total. The minimum Gasteiger partial charge on any atom is -0.444 e. The van der Waals surface area contributed by atoms with Crippen molar-refractivity contribution in [3.05, 3.63) is 34.2 Å². The second kappa shape index (κ2) is 7.19. The predicted molar refractivity (Wildman–Crippen MR) is 111 cm³/mol. The third kappa shape index (κ3) is 3.48. The van der Waals surface area contributed by atoms with E-state index < -0.39 is 11.7 Å². The van der Waals surface area contributed by atoms with E-state index in [2.05, 4.69) is 20.4 Å². The molecule has 2 amide bonds.